The Bertz CT molecular complexity index is 1970. The van der Waals surface area contributed by atoms with Crippen molar-refractivity contribution in [2.45, 2.75) is 26.8 Å². The van der Waals surface area contributed by atoms with Gasteiger partial charge in [0.15, 0.2) is 29.0 Å². The molecule has 0 bridgehead atoms. The molecule has 1 N–H and O–H groups in total. The summed E-state index contributed by atoms with van der Waals surface area (Å²) in [5.74, 6) is 3.72. The maximum absolute atomic E-state index is 5.82. The summed E-state index contributed by atoms with van der Waals surface area (Å²) >= 11 is 0. The van der Waals surface area contributed by atoms with Crippen molar-refractivity contribution >= 4 is 34.6 Å². The molecule has 0 fully saturated rings. The number of methoxy groups -OCH3 is 3. The molecule has 7 rings (SSSR count). The Hall–Kier alpha value is -5.57. The molecule has 0 amide bonds. The third-order valence-corrected chi connectivity index (χ3v) is 8.29. The van der Waals surface area contributed by atoms with E-state index >= 15 is 0 Å². The topological polar surface area (TPSA) is 85.5 Å². The summed E-state index contributed by atoms with van der Waals surface area (Å²) in [7, 11) is 4.88. The number of nitrogens with zero attached hydrogens (tertiary/aromatic N) is 5. The summed E-state index contributed by atoms with van der Waals surface area (Å²) in [5, 5.41) is 8.68. The molecule has 45 heavy (non-hydrogen) atoms. The molecular weight excluding hydrogens is 564 g/mol. The van der Waals surface area contributed by atoms with E-state index in [1.807, 2.05) is 72.3 Å². The number of benzene rings is 4. The van der Waals surface area contributed by atoms with Crippen LogP contribution in [0.15, 0.2) is 94.9 Å². The van der Waals surface area contributed by atoms with Crippen molar-refractivity contribution < 1.29 is 14.2 Å². The fourth-order valence-corrected chi connectivity index (χ4v) is 6.12. The summed E-state index contributed by atoms with van der Waals surface area (Å²) in [6.45, 7) is 6.20. The van der Waals surface area contributed by atoms with E-state index in [1.165, 1.54) is 0 Å². The van der Waals surface area contributed by atoms with Crippen LogP contribution >= 0.6 is 0 Å². The van der Waals surface area contributed by atoms with Crippen molar-refractivity contribution in [2.24, 2.45) is 9.98 Å². The molecule has 9 heteroatoms. The fraction of sp³-hybridized carbons (Fsp3) is 0.194. The second kappa shape index (κ2) is 11.2. The normalized spacial score (nSPS) is 14.9. The number of hydrogen-bond acceptors (Lipinski definition) is 8. The Kier molecular flexibility index (Phi) is 7.00. The van der Waals surface area contributed by atoms with Crippen LogP contribution in [0, 0.1) is 20.8 Å². The van der Waals surface area contributed by atoms with Crippen LogP contribution in [0.4, 0.5) is 22.9 Å². The van der Waals surface area contributed by atoms with Crippen molar-refractivity contribution in [1.82, 2.24) is 9.78 Å². The molecule has 1 aromatic heterocycles. The third-order valence-electron chi connectivity index (χ3n) is 8.29. The van der Waals surface area contributed by atoms with Crippen LogP contribution in [0.1, 0.15) is 34.0 Å². The minimum absolute atomic E-state index is 0.356. The predicted octanol–water partition coefficient (Wildman–Crippen LogP) is 7.62. The van der Waals surface area contributed by atoms with E-state index in [-0.39, 0.29) is 6.04 Å². The summed E-state index contributed by atoms with van der Waals surface area (Å²) < 4.78 is 19.2. The van der Waals surface area contributed by atoms with Gasteiger partial charge in [-0.2, -0.15) is 5.10 Å². The molecule has 9 nitrogen and oxygen atoms in total. The standard InChI is InChI=1S/C36H34N6O3/c1-21-16-17-22(2)27(18-21)38-34-36-39-35-31(23(3)40-42(35)25-12-8-7-9-13-25)32(41(36)28-15-11-10-14-26(28)37-34)24-19-29(43-4)33(45-6)30(20-24)44-5/h7-20,32H,1-6H3,(H,37,38)/t32-/m0/s1. The summed E-state index contributed by atoms with van der Waals surface area (Å²) in [6.07, 6.45) is 0. The number of aliphatic imine (C=N–C) groups is 2. The molecule has 3 heterocycles. The van der Waals surface area contributed by atoms with Crippen LogP contribution in [0.25, 0.3) is 5.69 Å². The van der Waals surface area contributed by atoms with Crippen molar-refractivity contribution in [3.05, 3.63) is 113 Å². The van der Waals surface area contributed by atoms with Crippen molar-refractivity contribution in [3.63, 3.8) is 0 Å². The zero-order chi connectivity index (χ0) is 31.2. The van der Waals surface area contributed by atoms with Gasteiger partial charge in [-0.25, -0.2) is 14.7 Å². The molecule has 4 aromatic carbocycles. The van der Waals surface area contributed by atoms with E-state index in [4.69, 9.17) is 29.3 Å². The summed E-state index contributed by atoms with van der Waals surface area (Å²) in [4.78, 5) is 12.7. The van der Waals surface area contributed by atoms with Gasteiger partial charge in [0.1, 0.15) is 0 Å². The first kappa shape index (κ1) is 28.2. The second-order valence-corrected chi connectivity index (χ2v) is 11.1. The van der Waals surface area contributed by atoms with Gasteiger partial charge in [-0.15, -0.1) is 0 Å². The second-order valence-electron chi connectivity index (χ2n) is 11.1. The number of ether oxygens (including phenoxy) is 3. The molecule has 5 aromatic rings. The Morgan fingerprint density at radius 2 is 1.47 bits per heavy atom. The minimum atomic E-state index is -0.356. The van der Waals surface area contributed by atoms with Crippen LogP contribution < -0.4 is 24.4 Å². The van der Waals surface area contributed by atoms with E-state index in [2.05, 4.69) is 48.3 Å². The number of amidine groups is 2. The van der Waals surface area contributed by atoms with Crippen molar-refractivity contribution in [2.75, 3.05) is 31.5 Å². The number of aryl methyl sites for hydroxylation is 3. The first-order valence-corrected chi connectivity index (χ1v) is 14.8. The first-order chi connectivity index (χ1) is 21.9. The van der Waals surface area contributed by atoms with Gasteiger partial charge in [0.25, 0.3) is 0 Å². The lowest BCUT2D eigenvalue weighted by Crippen LogP contribution is -2.46. The Morgan fingerprint density at radius 3 is 2.18 bits per heavy atom. The molecule has 0 saturated heterocycles. The van der Waals surface area contributed by atoms with Crippen LogP contribution in [-0.4, -0.2) is 42.8 Å². The Labute approximate surface area is 262 Å². The maximum Gasteiger partial charge on any atom is 0.203 e. The maximum atomic E-state index is 5.82. The van der Waals surface area contributed by atoms with E-state index < -0.39 is 0 Å². The summed E-state index contributed by atoms with van der Waals surface area (Å²) in [6, 6.07) is 28.2. The number of nitrogens with one attached hydrogen (secondary N) is 1. The third kappa shape index (κ3) is 4.68. The molecule has 0 radical (unpaired) electrons. The van der Waals surface area contributed by atoms with Gasteiger partial charge in [0.05, 0.1) is 50.1 Å². The van der Waals surface area contributed by atoms with Crippen molar-refractivity contribution in [1.29, 1.82) is 0 Å². The SMILES string of the molecule is COc1cc([C@H]2c3c(C)nn(-c4ccccc4)c3N=C3C(Nc4cc(C)ccc4C)=Nc4ccccc4N32)cc(OC)c1OC. The number of para-hydroxylation sites is 3. The highest BCUT2D eigenvalue weighted by Gasteiger charge is 2.42. The fourth-order valence-electron chi connectivity index (χ4n) is 6.12. The molecule has 226 valence electrons. The highest BCUT2D eigenvalue weighted by molar-refractivity contribution is 6.51. The Balaban J connectivity index is 1.53. The van der Waals surface area contributed by atoms with Crippen LogP contribution in [-0.2, 0) is 0 Å². The number of fused-ring (bicyclic) bond motifs is 4. The molecule has 0 spiro atoms. The van der Waals surface area contributed by atoms with Crippen LogP contribution in [0.5, 0.6) is 17.2 Å². The quantitative estimate of drug-likeness (QED) is 0.216. The molecular formula is C36H34N6O3. The molecule has 2 aliphatic rings. The van der Waals surface area contributed by atoms with E-state index in [0.717, 1.165) is 56.5 Å². The highest BCUT2D eigenvalue weighted by atomic mass is 16.5. The van der Waals surface area contributed by atoms with Gasteiger partial charge in [-0.1, -0.05) is 42.5 Å². The Morgan fingerprint density at radius 1 is 0.756 bits per heavy atom. The van der Waals surface area contributed by atoms with Crippen LogP contribution in [0.3, 0.4) is 0 Å². The zero-order valence-corrected chi connectivity index (χ0v) is 26.1. The average molecular weight is 599 g/mol. The van der Waals surface area contributed by atoms with Crippen LogP contribution in [0.2, 0.25) is 0 Å². The van der Waals surface area contributed by atoms with E-state index in [1.54, 1.807) is 21.3 Å². The number of anilines is 2. The molecule has 0 saturated carbocycles. The van der Waals surface area contributed by atoms with Gasteiger partial charge >= 0.3 is 0 Å². The molecule has 0 unspecified atom stereocenters. The average Bonchev–Trinajstić information content (AvgIpc) is 3.40. The van der Waals surface area contributed by atoms with Gasteiger partial charge in [-0.05, 0) is 79.9 Å². The lowest BCUT2D eigenvalue weighted by Gasteiger charge is -2.40. The van der Waals surface area contributed by atoms with Gasteiger partial charge in [0.2, 0.25) is 5.75 Å². The largest absolute Gasteiger partial charge is 0.493 e. The van der Waals surface area contributed by atoms with Gasteiger partial charge in [-0.3, -0.25) is 0 Å². The minimum Gasteiger partial charge on any atom is -0.493 e. The number of hydrogen-bond donors (Lipinski definition) is 1. The summed E-state index contributed by atoms with van der Waals surface area (Å²) in [5.41, 5.74) is 8.67. The lowest BCUT2D eigenvalue weighted by molar-refractivity contribution is 0.323. The molecule has 0 aliphatic carbocycles. The van der Waals surface area contributed by atoms with Crippen molar-refractivity contribution in [3.8, 4) is 22.9 Å². The lowest BCUT2D eigenvalue weighted by atomic mass is 9.92. The van der Waals surface area contributed by atoms with E-state index in [9.17, 15) is 0 Å². The first-order valence-electron chi connectivity index (χ1n) is 14.8. The smallest absolute Gasteiger partial charge is 0.203 e. The van der Waals surface area contributed by atoms with E-state index in [0.29, 0.717) is 28.9 Å². The number of aromatic nitrogens is 2. The molecule has 2 aliphatic heterocycles. The zero-order valence-electron chi connectivity index (χ0n) is 26.1. The number of rotatable bonds is 6. The van der Waals surface area contributed by atoms with Gasteiger partial charge < -0.3 is 24.4 Å². The monoisotopic (exact) mass is 598 g/mol. The molecule has 1 atom stereocenters. The predicted molar refractivity (Wildman–Crippen MR) is 179 cm³/mol. The van der Waals surface area contributed by atoms with Gasteiger partial charge in [0, 0.05) is 11.3 Å². The highest BCUT2D eigenvalue weighted by Crippen LogP contribution is 2.50.